The second-order valence-corrected chi connectivity index (χ2v) is 4.75. The number of carbonyl (C=O) groups excluding carboxylic acids is 1. The van der Waals surface area contributed by atoms with Crippen molar-refractivity contribution in [2.45, 2.75) is 6.92 Å². The summed E-state index contributed by atoms with van der Waals surface area (Å²) in [7, 11) is 0. The highest BCUT2D eigenvalue weighted by molar-refractivity contribution is 6.31. The maximum atomic E-state index is 13.4. The van der Waals surface area contributed by atoms with Gasteiger partial charge in [0, 0.05) is 10.7 Å². The standard InChI is InChI=1S/C15H14ClFN2O/c1-10-6-7-11(8-12(10)16)18-9-15(20)19-14-5-3-2-4-13(14)17/h2-8,18H,9H2,1H3,(H,19,20). The van der Waals surface area contributed by atoms with Crippen molar-refractivity contribution in [2.24, 2.45) is 0 Å². The Morgan fingerprint density at radius 3 is 2.70 bits per heavy atom. The molecule has 0 radical (unpaired) electrons. The number of benzene rings is 2. The molecule has 0 saturated heterocycles. The number of para-hydroxylation sites is 1. The highest BCUT2D eigenvalue weighted by Gasteiger charge is 2.06. The smallest absolute Gasteiger partial charge is 0.243 e. The van der Waals surface area contributed by atoms with Crippen LogP contribution >= 0.6 is 11.6 Å². The predicted molar refractivity (Wildman–Crippen MR) is 79.7 cm³/mol. The van der Waals surface area contributed by atoms with Gasteiger partial charge in [-0.05, 0) is 36.8 Å². The van der Waals surface area contributed by atoms with Crippen molar-refractivity contribution in [1.82, 2.24) is 0 Å². The molecular formula is C15H14ClFN2O. The lowest BCUT2D eigenvalue weighted by molar-refractivity contribution is -0.114. The minimum Gasteiger partial charge on any atom is -0.376 e. The summed E-state index contributed by atoms with van der Waals surface area (Å²) in [5.74, 6) is -0.786. The summed E-state index contributed by atoms with van der Waals surface area (Å²) in [6.45, 7) is 1.94. The number of anilines is 2. The number of hydrogen-bond donors (Lipinski definition) is 2. The maximum absolute atomic E-state index is 13.4. The molecule has 0 aliphatic carbocycles. The lowest BCUT2D eigenvalue weighted by Gasteiger charge is -2.09. The van der Waals surface area contributed by atoms with Crippen LogP contribution in [0.2, 0.25) is 5.02 Å². The van der Waals surface area contributed by atoms with Crippen LogP contribution in [-0.4, -0.2) is 12.5 Å². The van der Waals surface area contributed by atoms with Gasteiger partial charge in [-0.25, -0.2) is 4.39 Å². The third kappa shape index (κ3) is 3.71. The van der Waals surface area contributed by atoms with E-state index in [9.17, 15) is 9.18 Å². The first-order valence-electron chi connectivity index (χ1n) is 6.10. The fourth-order valence-corrected chi connectivity index (χ4v) is 1.82. The molecule has 0 saturated carbocycles. The monoisotopic (exact) mass is 292 g/mol. The Kier molecular flexibility index (Phi) is 4.58. The van der Waals surface area contributed by atoms with Crippen LogP contribution in [0.25, 0.3) is 0 Å². The number of halogens is 2. The van der Waals surface area contributed by atoms with E-state index in [0.29, 0.717) is 5.02 Å². The fourth-order valence-electron chi connectivity index (χ4n) is 1.64. The Labute approximate surface area is 121 Å². The Balaban J connectivity index is 1.92. The van der Waals surface area contributed by atoms with Crippen molar-refractivity contribution in [2.75, 3.05) is 17.2 Å². The molecule has 2 rings (SSSR count). The van der Waals surface area contributed by atoms with E-state index in [4.69, 9.17) is 11.6 Å². The number of hydrogen-bond acceptors (Lipinski definition) is 2. The molecule has 0 heterocycles. The molecule has 2 N–H and O–H groups in total. The van der Waals surface area contributed by atoms with Crippen LogP contribution in [0.1, 0.15) is 5.56 Å². The van der Waals surface area contributed by atoms with E-state index < -0.39 is 5.82 Å². The first-order chi connectivity index (χ1) is 9.56. The first kappa shape index (κ1) is 14.3. The Morgan fingerprint density at radius 1 is 1.25 bits per heavy atom. The minimum absolute atomic E-state index is 0.0354. The van der Waals surface area contributed by atoms with Crippen molar-refractivity contribution in [3.63, 3.8) is 0 Å². The molecule has 0 unspecified atom stereocenters. The van der Waals surface area contributed by atoms with Gasteiger partial charge in [0.25, 0.3) is 0 Å². The van der Waals surface area contributed by atoms with Crippen LogP contribution in [0.4, 0.5) is 15.8 Å². The second kappa shape index (κ2) is 6.39. The Morgan fingerprint density at radius 2 is 2.00 bits per heavy atom. The van der Waals surface area contributed by atoms with Gasteiger partial charge < -0.3 is 10.6 Å². The molecular weight excluding hydrogens is 279 g/mol. The zero-order chi connectivity index (χ0) is 14.5. The van der Waals surface area contributed by atoms with Gasteiger partial charge in [-0.1, -0.05) is 29.8 Å². The van der Waals surface area contributed by atoms with Crippen LogP contribution in [0.3, 0.4) is 0 Å². The summed E-state index contributed by atoms with van der Waals surface area (Å²) < 4.78 is 13.4. The second-order valence-electron chi connectivity index (χ2n) is 4.35. The minimum atomic E-state index is -0.459. The van der Waals surface area contributed by atoms with Crippen molar-refractivity contribution in [3.05, 3.63) is 58.9 Å². The first-order valence-corrected chi connectivity index (χ1v) is 6.48. The van der Waals surface area contributed by atoms with Gasteiger partial charge >= 0.3 is 0 Å². The lowest BCUT2D eigenvalue weighted by atomic mass is 10.2. The van der Waals surface area contributed by atoms with Gasteiger partial charge in [0.15, 0.2) is 0 Å². The quantitative estimate of drug-likeness (QED) is 0.899. The third-order valence-electron chi connectivity index (χ3n) is 2.77. The van der Waals surface area contributed by atoms with Crippen LogP contribution in [0.15, 0.2) is 42.5 Å². The van der Waals surface area contributed by atoms with Crippen molar-refractivity contribution < 1.29 is 9.18 Å². The molecule has 0 aromatic heterocycles. The zero-order valence-electron chi connectivity index (χ0n) is 10.9. The molecule has 20 heavy (non-hydrogen) atoms. The summed E-state index contributed by atoms with van der Waals surface area (Å²) in [5.41, 5.74) is 1.87. The van der Waals surface area contributed by atoms with Crippen molar-refractivity contribution in [1.29, 1.82) is 0 Å². The van der Waals surface area contributed by atoms with Gasteiger partial charge in [0.2, 0.25) is 5.91 Å². The summed E-state index contributed by atoms with van der Waals surface area (Å²) >= 11 is 5.99. The summed E-state index contributed by atoms with van der Waals surface area (Å²) in [4.78, 5) is 11.7. The number of rotatable bonds is 4. The van der Waals surface area contributed by atoms with Crippen LogP contribution < -0.4 is 10.6 Å². The van der Waals surface area contributed by atoms with E-state index in [1.165, 1.54) is 12.1 Å². The Hall–Kier alpha value is -2.07. The average Bonchev–Trinajstić information content (AvgIpc) is 2.43. The largest absolute Gasteiger partial charge is 0.376 e. The molecule has 1 amide bonds. The van der Waals surface area contributed by atoms with Gasteiger partial charge in [-0.15, -0.1) is 0 Å². The van der Waals surface area contributed by atoms with Crippen LogP contribution in [-0.2, 0) is 4.79 Å². The lowest BCUT2D eigenvalue weighted by Crippen LogP contribution is -2.22. The van der Waals surface area contributed by atoms with Gasteiger partial charge in [0.1, 0.15) is 5.82 Å². The zero-order valence-corrected chi connectivity index (χ0v) is 11.7. The number of nitrogens with one attached hydrogen (secondary N) is 2. The molecule has 2 aromatic rings. The van der Waals surface area contributed by atoms with E-state index in [1.54, 1.807) is 18.2 Å². The SMILES string of the molecule is Cc1ccc(NCC(=O)Nc2ccccc2F)cc1Cl. The highest BCUT2D eigenvalue weighted by atomic mass is 35.5. The van der Waals surface area contributed by atoms with E-state index in [-0.39, 0.29) is 18.1 Å². The summed E-state index contributed by atoms with van der Waals surface area (Å²) in [5, 5.41) is 6.06. The molecule has 0 spiro atoms. The molecule has 0 aliphatic rings. The van der Waals surface area contributed by atoms with Crippen molar-refractivity contribution >= 4 is 28.9 Å². The average molecular weight is 293 g/mol. The third-order valence-corrected chi connectivity index (χ3v) is 3.18. The van der Waals surface area contributed by atoms with E-state index in [2.05, 4.69) is 10.6 Å². The van der Waals surface area contributed by atoms with Crippen LogP contribution in [0.5, 0.6) is 0 Å². The molecule has 0 aliphatic heterocycles. The summed E-state index contributed by atoms with van der Waals surface area (Å²) in [6.07, 6.45) is 0. The van der Waals surface area contributed by atoms with Gasteiger partial charge in [0.05, 0.1) is 12.2 Å². The summed E-state index contributed by atoms with van der Waals surface area (Å²) in [6, 6.07) is 11.5. The maximum Gasteiger partial charge on any atom is 0.243 e. The molecule has 5 heteroatoms. The van der Waals surface area contributed by atoms with E-state index in [1.807, 2.05) is 19.1 Å². The molecule has 0 bridgehead atoms. The van der Waals surface area contributed by atoms with Gasteiger partial charge in [-0.3, -0.25) is 4.79 Å². The molecule has 104 valence electrons. The molecule has 3 nitrogen and oxygen atoms in total. The van der Waals surface area contributed by atoms with E-state index >= 15 is 0 Å². The predicted octanol–water partition coefficient (Wildman–Crippen LogP) is 3.84. The normalized spacial score (nSPS) is 10.2. The topological polar surface area (TPSA) is 41.1 Å². The van der Waals surface area contributed by atoms with Crippen molar-refractivity contribution in [3.8, 4) is 0 Å². The van der Waals surface area contributed by atoms with Crippen LogP contribution in [0, 0.1) is 12.7 Å². The number of aryl methyl sites for hydroxylation is 1. The Bertz CT molecular complexity index is 631. The molecule has 2 aromatic carbocycles. The fraction of sp³-hybridized carbons (Fsp3) is 0.133. The molecule has 0 fully saturated rings. The van der Waals surface area contributed by atoms with E-state index in [0.717, 1.165) is 11.3 Å². The number of carbonyl (C=O) groups is 1. The molecule has 0 atom stereocenters. The highest BCUT2D eigenvalue weighted by Crippen LogP contribution is 2.19. The van der Waals surface area contributed by atoms with Gasteiger partial charge in [-0.2, -0.15) is 0 Å². The number of amides is 1.